The van der Waals surface area contributed by atoms with Crippen LogP contribution < -0.4 is 10.6 Å². The van der Waals surface area contributed by atoms with Gasteiger partial charge in [0.2, 0.25) is 0 Å². The fraction of sp³-hybridized carbons (Fsp3) is 0.600. The average molecular weight is 266 g/mol. The Bertz CT molecular complexity index is 366. The molecule has 0 aliphatic heterocycles. The number of rotatable bonds is 7. The van der Waals surface area contributed by atoms with E-state index in [2.05, 4.69) is 50.2 Å². The molecule has 18 heavy (non-hydrogen) atoms. The lowest BCUT2D eigenvalue weighted by atomic mass is 10.0. The minimum absolute atomic E-state index is 0.597. The fourth-order valence-corrected chi connectivity index (χ4v) is 3.15. The zero-order chi connectivity index (χ0) is 13.5. The normalized spacial score (nSPS) is 12.5. The highest BCUT2D eigenvalue weighted by atomic mass is 32.2. The van der Waals surface area contributed by atoms with Crippen molar-refractivity contribution < 1.29 is 0 Å². The molecule has 0 bridgehead atoms. The quantitative estimate of drug-likeness (QED) is 0.822. The highest BCUT2D eigenvalue weighted by molar-refractivity contribution is 7.98. The first-order chi connectivity index (χ1) is 8.63. The van der Waals surface area contributed by atoms with Crippen LogP contribution in [0.1, 0.15) is 24.5 Å². The van der Waals surface area contributed by atoms with Crippen molar-refractivity contribution >= 4 is 17.4 Å². The standard InChI is InChI=1S/C15H26N2S/c1-5-14(11-18-4)17(3)15-7-6-12(2)10-13(15)8-9-16/h6-7,10,14H,5,8-9,11,16H2,1-4H3. The molecule has 2 nitrogen and oxygen atoms in total. The molecule has 0 amide bonds. The van der Waals surface area contributed by atoms with Crippen LogP contribution in [0.4, 0.5) is 5.69 Å². The molecule has 102 valence electrons. The second-order valence-electron chi connectivity index (χ2n) is 4.80. The Morgan fingerprint density at radius 2 is 2.11 bits per heavy atom. The Morgan fingerprint density at radius 3 is 2.67 bits per heavy atom. The molecule has 0 spiro atoms. The molecule has 0 aliphatic rings. The summed E-state index contributed by atoms with van der Waals surface area (Å²) in [4.78, 5) is 2.42. The van der Waals surface area contributed by atoms with Crippen LogP contribution in [0.5, 0.6) is 0 Å². The molecule has 0 aliphatic carbocycles. The molecule has 1 unspecified atom stereocenters. The topological polar surface area (TPSA) is 29.3 Å². The van der Waals surface area contributed by atoms with E-state index in [0.29, 0.717) is 12.6 Å². The number of benzene rings is 1. The number of thioether (sulfide) groups is 1. The van der Waals surface area contributed by atoms with E-state index in [1.54, 1.807) is 0 Å². The van der Waals surface area contributed by atoms with Crippen molar-refractivity contribution in [2.45, 2.75) is 32.7 Å². The minimum atomic E-state index is 0.597. The molecule has 0 radical (unpaired) electrons. The van der Waals surface area contributed by atoms with E-state index in [9.17, 15) is 0 Å². The molecule has 0 saturated carbocycles. The summed E-state index contributed by atoms with van der Waals surface area (Å²) in [5, 5.41) is 0. The summed E-state index contributed by atoms with van der Waals surface area (Å²) >= 11 is 1.91. The first-order valence-corrected chi connectivity index (χ1v) is 8.04. The van der Waals surface area contributed by atoms with Gasteiger partial charge in [-0.25, -0.2) is 0 Å². The third-order valence-electron chi connectivity index (χ3n) is 3.41. The van der Waals surface area contributed by atoms with Crippen LogP contribution in [0.2, 0.25) is 0 Å². The number of aryl methyl sites for hydroxylation is 1. The second kappa shape index (κ2) is 7.70. The SMILES string of the molecule is CCC(CSC)N(C)c1ccc(C)cc1CCN. The van der Waals surface area contributed by atoms with E-state index >= 15 is 0 Å². The zero-order valence-corrected chi connectivity index (χ0v) is 12.9. The highest BCUT2D eigenvalue weighted by Gasteiger charge is 2.15. The summed E-state index contributed by atoms with van der Waals surface area (Å²) in [7, 11) is 2.20. The molecule has 1 rings (SSSR count). The van der Waals surface area contributed by atoms with Gasteiger partial charge in [0.05, 0.1) is 0 Å². The van der Waals surface area contributed by atoms with Crippen LogP contribution in [0.15, 0.2) is 18.2 Å². The third-order valence-corrected chi connectivity index (χ3v) is 4.12. The first-order valence-electron chi connectivity index (χ1n) is 6.65. The van der Waals surface area contributed by atoms with Crippen molar-refractivity contribution in [1.82, 2.24) is 0 Å². The van der Waals surface area contributed by atoms with Gasteiger partial charge in [0.1, 0.15) is 0 Å². The van der Waals surface area contributed by atoms with E-state index in [1.807, 2.05) is 11.8 Å². The summed E-state index contributed by atoms with van der Waals surface area (Å²) in [6, 6.07) is 7.30. The number of hydrogen-bond donors (Lipinski definition) is 1. The lowest BCUT2D eigenvalue weighted by Gasteiger charge is -2.31. The van der Waals surface area contributed by atoms with E-state index in [4.69, 9.17) is 5.73 Å². The molecule has 0 aromatic heterocycles. The average Bonchev–Trinajstić information content (AvgIpc) is 2.36. The van der Waals surface area contributed by atoms with Crippen LogP contribution >= 0.6 is 11.8 Å². The van der Waals surface area contributed by atoms with Crippen LogP contribution in [-0.2, 0) is 6.42 Å². The maximum absolute atomic E-state index is 5.72. The van der Waals surface area contributed by atoms with Crippen LogP contribution in [0.3, 0.4) is 0 Å². The Kier molecular flexibility index (Phi) is 6.58. The van der Waals surface area contributed by atoms with Gasteiger partial charge in [-0.15, -0.1) is 0 Å². The summed E-state index contributed by atoms with van der Waals surface area (Å²) in [5.41, 5.74) is 9.75. The maximum Gasteiger partial charge on any atom is 0.0399 e. The van der Waals surface area contributed by atoms with Crippen molar-refractivity contribution in [2.75, 3.05) is 30.5 Å². The number of nitrogens with two attached hydrogens (primary N) is 1. The Balaban J connectivity index is 2.98. The summed E-state index contributed by atoms with van der Waals surface area (Å²) in [5.74, 6) is 1.17. The van der Waals surface area contributed by atoms with E-state index in [1.165, 1.54) is 29.0 Å². The van der Waals surface area contributed by atoms with Crippen molar-refractivity contribution in [1.29, 1.82) is 0 Å². The van der Waals surface area contributed by atoms with Gasteiger partial charge in [-0.3, -0.25) is 0 Å². The van der Waals surface area contributed by atoms with Gasteiger partial charge in [0, 0.05) is 24.5 Å². The molecule has 0 saturated heterocycles. The van der Waals surface area contributed by atoms with Crippen molar-refractivity contribution in [2.24, 2.45) is 5.73 Å². The highest BCUT2D eigenvalue weighted by Crippen LogP contribution is 2.25. The van der Waals surface area contributed by atoms with Crippen LogP contribution in [0.25, 0.3) is 0 Å². The van der Waals surface area contributed by atoms with Gasteiger partial charge in [-0.05, 0) is 44.2 Å². The smallest absolute Gasteiger partial charge is 0.0399 e. The fourth-order valence-electron chi connectivity index (χ4n) is 2.31. The molecule has 2 N–H and O–H groups in total. The molecular formula is C15H26N2S. The largest absolute Gasteiger partial charge is 0.371 e. The predicted molar refractivity (Wildman–Crippen MR) is 84.8 cm³/mol. The van der Waals surface area contributed by atoms with Gasteiger partial charge in [-0.2, -0.15) is 11.8 Å². The Morgan fingerprint density at radius 1 is 1.39 bits per heavy atom. The summed E-state index contributed by atoms with van der Waals surface area (Å²) in [6.07, 6.45) is 4.30. The Labute approximate surface area is 116 Å². The molecule has 1 atom stereocenters. The second-order valence-corrected chi connectivity index (χ2v) is 5.71. The van der Waals surface area contributed by atoms with E-state index in [0.717, 1.165) is 6.42 Å². The molecular weight excluding hydrogens is 240 g/mol. The molecule has 0 fully saturated rings. The monoisotopic (exact) mass is 266 g/mol. The van der Waals surface area contributed by atoms with E-state index in [-0.39, 0.29) is 0 Å². The lowest BCUT2D eigenvalue weighted by molar-refractivity contribution is 0.670. The van der Waals surface area contributed by atoms with Crippen molar-refractivity contribution in [3.8, 4) is 0 Å². The van der Waals surface area contributed by atoms with Crippen LogP contribution in [0, 0.1) is 6.92 Å². The van der Waals surface area contributed by atoms with Crippen molar-refractivity contribution in [3.05, 3.63) is 29.3 Å². The number of nitrogens with zero attached hydrogens (tertiary/aromatic N) is 1. The minimum Gasteiger partial charge on any atom is -0.371 e. The summed E-state index contributed by atoms with van der Waals surface area (Å²) < 4.78 is 0. The lowest BCUT2D eigenvalue weighted by Crippen LogP contribution is -2.34. The predicted octanol–water partition coefficient (Wildman–Crippen LogP) is 3.07. The van der Waals surface area contributed by atoms with Gasteiger partial charge >= 0.3 is 0 Å². The van der Waals surface area contributed by atoms with Crippen LogP contribution in [-0.4, -0.2) is 31.6 Å². The van der Waals surface area contributed by atoms with E-state index < -0.39 is 0 Å². The Hall–Kier alpha value is -0.670. The molecule has 0 heterocycles. The van der Waals surface area contributed by atoms with Gasteiger partial charge in [-0.1, -0.05) is 24.6 Å². The van der Waals surface area contributed by atoms with Gasteiger partial charge in [0.25, 0.3) is 0 Å². The summed E-state index contributed by atoms with van der Waals surface area (Å²) in [6.45, 7) is 5.11. The molecule has 1 aromatic rings. The maximum atomic E-state index is 5.72. The van der Waals surface area contributed by atoms with Gasteiger partial charge in [0.15, 0.2) is 0 Å². The van der Waals surface area contributed by atoms with Crippen molar-refractivity contribution in [3.63, 3.8) is 0 Å². The van der Waals surface area contributed by atoms with Gasteiger partial charge < -0.3 is 10.6 Å². The first kappa shape index (κ1) is 15.4. The zero-order valence-electron chi connectivity index (χ0n) is 12.1. The number of anilines is 1. The third kappa shape index (κ3) is 3.92. The molecule has 1 aromatic carbocycles. The number of hydrogen-bond acceptors (Lipinski definition) is 3. The molecule has 3 heteroatoms.